The predicted octanol–water partition coefficient (Wildman–Crippen LogP) is 0.612. The van der Waals surface area contributed by atoms with Crippen molar-refractivity contribution in [3.8, 4) is 0 Å². The lowest BCUT2D eigenvalue weighted by Crippen LogP contribution is -2.28. The molecule has 0 aromatic rings. The summed E-state index contributed by atoms with van der Waals surface area (Å²) in [6.07, 6.45) is 1.98. The minimum atomic E-state index is 0.585. The number of nitrogens with one attached hydrogen (secondary N) is 1. The summed E-state index contributed by atoms with van der Waals surface area (Å²) in [4.78, 5) is 4.25. The first kappa shape index (κ1) is 15.7. The third kappa shape index (κ3) is 6.81. The molecule has 0 saturated carbocycles. The fourth-order valence-electron chi connectivity index (χ4n) is 1.25. The average Bonchev–Trinajstić information content (AvgIpc) is 2.24. The van der Waals surface area contributed by atoms with Crippen molar-refractivity contribution in [3.63, 3.8) is 0 Å². The van der Waals surface area contributed by atoms with Crippen molar-refractivity contribution in [2.24, 2.45) is 5.73 Å². The van der Waals surface area contributed by atoms with Crippen LogP contribution in [0.15, 0.2) is 36.2 Å². The molecule has 4 nitrogen and oxygen atoms in total. The second-order valence-corrected chi connectivity index (χ2v) is 4.44. The summed E-state index contributed by atoms with van der Waals surface area (Å²) >= 11 is 0. The molecule has 0 aliphatic carbocycles. The minimum absolute atomic E-state index is 0.585. The van der Waals surface area contributed by atoms with Crippen molar-refractivity contribution in [1.29, 1.82) is 0 Å². The second kappa shape index (κ2) is 7.92. The Labute approximate surface area is 105 Å². The average molecular weight is 238 g/mol. The number of rotatable bonds is 8. The van der Waals surface area contributed by atoms with Crippen molar-refractivity contribution in [2.45, 2.75) is 0 Å². The molecule has 0 spiro atoms. The third-order valence-corrected chi connectivity index (χ3v) is 2.49. The number of allylic oxidation sites excluding steroid dienone is 1. The Morgan fingerprint density at radius 3 is 2.24 bits per heavy atom. The summed E-state index contributed by atoms with van der Waals surface area (Å²) < 4.78 is 0. The van der Waals surface area contributed by atoms with Gasteiger partial charge in [-0.05, 0) is 32.8 Å². The van der Waals surface area contributed by atoms with E-state index < -0.39 is 0 Å². The van der Waals surface area contributed by atoms with Crippen molar-refractivity contribution in [1.82, 2.24) is 15.1 Å². The first-order chi connectivity index (χ1) is 7.88. The van der Waals surface area contributed by atoms with Gasteiger partial charge in [-0.3, -0.25) is 0 Å². The molecule has 0 fully saturated rings. The summed E-state index contributed by atoms with van der Waals surface area (Å²) in [6, 6.07) is 0. The minimum Gasteiger partial charge on any atom is -0.399 e. The Kier molecular flexibility index (Phi) is 7.34. The lowest BCUT2D eigenvalue weighted by Gasteiger charge is -2.22. The van der Waals surface area contributed by atoms with Crippen molar-refractivity contribution in [3.05, 3.63) is 36.2 Å². The van der Waals surface area contributed by atoms with Gasteiger partial charge in [0.15, 0.2) is 0 Å². The molecule has 0 rings (SSSR count). The zero-order valence-electron chi connectivity index (χ0n) is 11.6. The summed E-state index contributed by atoms with van der Waals surface area (Å²) in [7, 11) is 8.02. The van der Waals surface area contributed by atoms with Crippen LogP contribution in [0.25, 0.3) is 0 Å². The summed E-state index contributed by atoms with van der Waals surface area (Å²) in [5, 5.41) is 3.07. The van der Waals surface area contributed by atoms with Crippen LogP contribution in [0.5, 0.6) is 0 Å². The zero-order chi connectivity index (χ0) is 13.4. The number of nitrogens with zero attached hydrogens (tertiary/aromatic N) is 2. The van der Waals surface area contributed by atoms with Crippen LogP contribution in [0.4, 0.5) is 0 Å². The van der Waals surface area contributed by atoms with Gasteiger partial charge in [0.05, 0.1) is 0 Å². The standard InChI is InChI=1S/C13H26N4/c1-11(17(6)8-7-16(4)5)9-13(10-15-3)12(2)14/h9,15H,1-2,7-8,10,14H2,3-6H3/b13-9-. The first-order valence-electron chi connectivity index (χ1n) is 5.73. The summed E-state index contributed by atoms with van der Waals surface area (Å²) in [5.41, 5.74) is 8.24. The van der Waals surface area contributed by atoms with Crippen LogP contribution in [0.2, 0.25) is 0 Å². The maximum atomic E-state index is 5.72. The summed E-state index contributed by atoms with van der Waals surface area (Å²) in [5.74, 6) is 0. The summed E-state index contributed by atoms with van der Waals surface area (Å²) in [6.45, 7) is 10.4. The molecular formula is C13H26N4. The van der Waals surface area contributed by atoms with Gasteiger partial charge in [0.2, 0.25) is 0 Å². The van der Waals surface area contributed by atoms with Crippen LogP contribution < -0.4 is 11.1 Å². The second-order valence-electron chi connectivity index (χ2n) is 4.44. The molecule has 4 heteroatoms. The van der Waals surface area contributed by atoms with Gasteiger partial charge in [0.25, 0.3) is 0 Å². The quantitative estimate of drug-likeness (QED) is 0.608. The highest BCUT2D eigenvalue weighted by Gasteiger charge is 2.03. The van der Waals surface area contributed by atoms with E-state index in [1.54, 1.807) is 0 Å². The molecule has 3 N–H and O–H groups in total. The molecule has 0 amide bonds. The van der Waals surface area contributed by atoms with E-state index >= 15 is 0 Å². The molecule has 0 atom stereocenters. The molecule has 0 aromatic heterocycles. The van der Waals surface area contributed by atoms with E-state index in [-0.39, 0.29) is 0 Å². The van der Waals surface area contributed by atoms with Gasteiger partial charge in [-0.15, -0.1) is 0 Å². The lowest BCUT2D eigenvalue weighted by molar-refractivity contribution is 0.331. The number of nitrogens with two attached hydrogens (primary N) is 1. The monoisotopic (exact) mass is 238 g/mol. The van der Waals surface area contributed by atoms with Gasteiger partial charge >= 0.3 is 0 Å². The van der Waals surface area contributed by atoms with E-state index in [4.69, 9.17) is 5.73 Å². The highest BCUT2D eigenvalue weighted by atomic mass is 15.2. The Balaban J connectivity index is 4.46. The van der Waals surface area contributed by atoms with Crippen LogP contribution in [-0.2, 0) is 0 Å². The van der Waals surface area contributed by atoms with Crippen molar-refractivity contribution < 1.29 is 0 Å². The molecule has 0 saturated heterocycles. The molecule has 17 heavy (non-hydrogen) atoms. The van der Waals surface area contributed by atoms with E-state index in [2.05, 4.69) is 42.4 Å². The molecule has 98 valence electrons. The van der Waals surface area contributed by atoms with E-state index in [1.165, 1.54) is 0 Å². The highest BCUT2D eigenvalue weighted by Crippen LogP contribution is 2.08. The van der Waals surface area contributed by atoms with E-state index in [1.807, 2.05) is 20.2 Å². The van der Waals surface area contributed by atoms with Crippen LogP contribution in [0, 0.1) is 0 Å². The van der Waals surface area contributed by atoms with Crippen molar-refractivity contribution in [2.75, 3.05) is 47.8 Å². The van der Waals surface area contributed by atoms with Crippen LogP contribution in [0.3, 0.4) is 0 Å². The van der Waals surface area contributed by atoms with Crippen LogP contribution in [-0.4, -0.2) is 57.6 Å². The largest absolute Gasteiger partial charge is 0.399 e. The molecule has 0 aromatic carbocycles. The third-order valence-electron chi connectivity index (χ3n) is 2.49. The fraction of sp³-hybridized carbons (Fsp3) is 0.538. The molecule has 0 aliphatic heterocycles. The Bertz CT molecular complexity index is 292. The van der Waals surface area contributed by atoms with Crippen molar-refractivity contribution >= 4 is 0 Å². The number of hydrogen-bond acceptors (Lipinski definition) is 4. The number of likely N-dealkylation sites (N-methyl/N-ethyl adjacent to an activating group) is 3. The molecule has 0 heterocycles. The molecule has 0 unspecified atom stereocenters. The fourth-order valence-corrected chi connectivity index (χ4v) is 1.25. The Morgan fingerprint density at radius 1 is 1.24 bits per heavy atom. The molecular weight excluding hydrogens is 212 g/mol. The lowest BCUT2D eigenvalue weighted by atomic mass is 10.1. The SMILES string of the molecule is C=C(N)/C(=C\C(=C)N(C)CCN(C)C)CNC. The van der Waals surface area contributed by atoms with Crippen LogP contribution in [0.1, 0.15) is 0 Å². The molecule has 0 bridgehead atoms. The predicted molar refractivity (Wildman–Crippen MR) is 75.7 cm³/mol. The van der Waals surface area contributed by atoms with E-state index in [0.717, 1.165) is 24.4 Å². The highest BCUT2D eigenvalue weighted by molar-refractivity contribution is 5.33. The van der Waals surface area contributed by atoms with Gasteiger partial charge in [-0.25, -0.2) is 0 Å². The zero-order valence-corrected chi connectivity index (χ0v) is 11.6. The van der Waals surface area contributed by atoms with E-state index in [9.17, 15) is 0 Å². The van der Waals surface area contributed by atoms with Gasteiger partial charge in [-0.2, -0.15) is 0 Å². The molecule has 0 aliphatic rings. The normalized spacial score (nSPS) is 11.7. The van der Waals surface area contributed by atoms with Gasteiger partial charge < -0.3 is 20.9 Å². The number of hydrogen-bond donors (Lipinski definition) is 2. The maximum absolute atomic E-state index is 5.72. The van der Waals surface area contributed by atoms with E-state index in [0.29, 0.717) is 12.2 Å². The Hall–Kier alpha value is -1.26. The van der Waals surface area contributed by atoms with Gasteiger partial charge in [-0.1, -0.05) is 13.2 Å². The Morgan fingerprint density at radius 2 is 1.82 bits per heavy atom. The van der Waals surface area contributed by atoms with Gasteiger partial charge in [0.1, 0.15) is 0 Å². The van der Waals surface area contributed by atoms with Crippen LogP contribution >= 0.6 is 0 Å². The smallest absolute Gasteiger partial charge is 0.0302 e. The maximum Gasteiger partial charge on any atom is 0.0302 e. The van der Waals surface area contributed by atoms with Gasteiger partial charge in [0, 0.05) is 38.1 Å². The topological polar surface area (TPSA) is 44.5 Å². The molecule has 0 radical (unpaired) electrons. The first-order valence-corrected chi connectivity index (χ1v) is 5.73.